The number of rotatable bonds is 2. The number of nitrogens with zero attached hydrogens (tertiary/aromatic N) is 1. The second-order valence-corrected chi connectivity index (χ2v) is 7.91. The Labute approximate surface area is 132 Å². The van der Waals surface area contributed by atoms with Crippen LogP contribution in [0.5, 0.6) is 5.75 Å². The summed E-state index contributed by atoms with van der Waals surface area (Å²) in [7, 11) is 0. The minimum Gasteiger partial charge on any atom is -0.506 e. The number of phenolic OH excluding ortho intramolecular Hbond substituents is 1. The Hall–Kier alpha value is -0.0600. The van der Waals surface area contributed by atoms with E-state index in [4.69, 9.17) is 0 Å². The summed E-state index contributed by atoms with van der Waals surface area (Å²) in [4.78, 5) is 2.51. The Kier molecular flexibility index (Phi) is 4.96. The zero-order chi connectivity index (χ0) is 14.0. The molecule has 0 spiro atoms. The quantitative estimate of drug-likeness (QED) is 0.773. The lowest BCUT2D eigenvalue weighted by molar-refractivity contribution is 0.255. The molecule has 1 aliphatic heterocycles. The van der Waals surface area contributed by atoms with Crippen molar-refractivity contribution in [3.05, 3.63) is 26.6 Å². The molecule has 0 aromatic heterocycles. The van der Waals surface area contributed by atoms with E-state index in [1.54, 1.807) is 0 Å². The normalized spacial score (nSPS) is 20.2. The highest BCUT2D eigenvalue weighted by molar-refractivity contribution is 9.11. The third-order valence-corrected chi connectivity index (χ3v) is 5.12. The lowest BCUT2D eigenvalue weighted by Gasteiger charge is -2.23. The Morgan fingerprint density at radius 2 is 1.79 bits per heavy atom. The molecule has 1 heterocycles. The lowest BCUT2D eigenvalue weighted by Crippen LogP contribution is -2.25. The van der Waals surface area contributed by atoms with Crippen LogP contribution in [0, 0.1) is 5.41 Å². The van der Waals surface area contributed by atoms with Gasteiger partial charge in [-0.15, -0.1) is 0 Å². The van der Waals surface area contributed by atoms with Crippen LogP contribution in [0.1, 0.15) is 38.7 Å². The highest BCUT2D eigenvalue weighted by Crippen LogP contribution is 2.34. The summed E-state index contributed by atoms with van der Waals surface area (Å²) >= 11 is 6.79. The van der Waals surface area contributed by atoms with E-state index in [2.05, 4.69) is 50.6 Å². The molecule has 0 bridgehead atoms. The monoisotopic (exact) mass is 389 g/mol. The first-order valence-electron chi connectivity index (χ1n) is 6.77. The van der Waals surface area contributed by atoms with Gasteiger partial charge in [-0.05, 0) is 87.3 Å². The van der Waals surface area contributed by atoms with E-state index in [0.717, 1.165) is 22.0 Å². The molecule has 106 valence electrons. The maximum atomic E-state index is 9.74. The van der Waals surface area contributed by atoms with E-state index >= 15 is 0 Å². The van der Waals surface area contributed by atoms with Crippen LogP contribution < -0.4 is 0 Å². The van der Waals surface area contributed by atoms with Crippen molar-refractivity contribution in [1.29, 1.82) is 0 Å². The second kappa shape index (κ2) is 6.15. The van der Waals surface area contributed by atoms with E-state index in [1.807, 2.05) is 12.1 Å². The molecule has 1 aliphatic rings. The Balaban J connectivity index is 2.05. The van der Waals surface area contributed by atoms with Crippen molar-refractivity contribution in [1.82, 2.24) is 4.90 Å². The van der Waals surface area contributed by atoms with E-state index in [9.17, 15) is 5.11 Å². The molecular formula is C15H21Br2NO. The molecule has 19 heavy (non-hydrogen) atoms. The summed E-state index contributed by atoms with van der Waals surface area (Å²) in [5, 5.41) is 9.74. The molecule has 1 aromatic rings. The molecule has 1 fully saturated rings. The van der Waals surface area contributed by atoms with Crippen molar-refractivity contribution < 1.29 is 5.11 Å². The molecule has 2 nitrogen and oxygen atoms in total. The predicted molar refractivity (Wildman–Crippen MR) is 86.4 cm³/mol. The van der Waals surface area contributed by atoms with Crippen LogP contribution in [0.4, 0.5) is 0 Å². The molecule has 1 aromatic carbocycles. The maximum absolute atomic E-state index is 9.74. The molecule has 0 amide bonds. The van der Waals surface area contributed by atoms with Crippen molar-refractivity contribution >= 4 is 31.9 Å². The number of halogens is 2. The summed E-state index contributed by atoms with van der Waals surface area (Å²) in [5.74, 6) is 0.278. The highest BCUT2D eigenvalue weighted by atomic mass is 79.9. The molecule has 0 saturated carbocycles. The van der Waals surface area contributed by atoms with Gasteiger partial charge in [0.15, 0.2) is 0 Å². The first-order chi connectivity index (χ1) is 8.87. The molecule has 0 radical (unpaired) electrons. The first kappa shape index (κ1) is 15.3. The Bertz CT molecular complexity index is 436. The number of hydrogen-bond acceptors (Lipinski definition) is 2. The minimum atomic E-state index is 0.278. The van der Waals surface area contributed by atoms with Crippen LogP contribution in [0.3, 0.4) is 0 Å². The third kappa shape index (κ3) is 4.20. The van der Waals surface area contributed by atoms with Gasteiger partial charge in [0, 0.05) is 6.54 Å². The Morgan fingerprint density at radius 1 is 1.16 bits per heavy atom. The van der Waals surface area contributed by atoms with Crippen molar-refractivity contribution in [2.24, 2.45) is 5.41 Å². The topological polar surface area (TPSA) is 23.5 Å². The van der Waals surface area contributed by atoms with Gasteiger partial charge in [-0.1, -0.05) is 13.8 Å². The highest BCUT2D eigenvalue weighted by Gasteiger charge is 2.23. The predicted octanol–water partition coefficient (Wildman–Crippen LogP) is 4.93. The lowest BCUT2D eigenvalue weighted by atomic mass is 9.85. The van der Waals surface area contributed by atoms with Gasteiger partial charge in [0.1, 0.15) is 5.75 Å². The van der Waals surface area contributed by atoms with Crippen LogP contribution in [-0.2, 0) is 6.54 Å². The fourth-order valence-electron chi connectivity index (χ4n) is 2.60. The smallest absolute Gasteiger partial charge is 0.143 e. The van der Waals surface area contributed by atoms with E-state index < -0.39 is 0 Å². The number of likely N-dealkylation sites (tertiary alicyclic amines) is 1. The molecule has 2 rings (SSSR count). The standard InChI is InChI=1S/C15H21Br2NO/c1-15(2)4-3-6-18(7-5-15)10-11-8-12(16)14(19)13(17)9-11/h8-9,19H,3-7,10H2,1-2H3. The number of phenols is 1. The van der Waals surface area contributed by atoms with Gasteiger partial charge in [0.2, 0.25) is 0 Å². The summed E-state index contributed by atoms with van der Waals surface area (Å²) < 4.78 is 1.51. The van der Waals surface area contributed by atoms with Crippen molar-refractivity contribution in [2.75, 3.05) is 13.1 Å². The average molecular weight is 391 g/mol. The van der Waals surface area contributed by atoms with E-state index in [1.165, 1.54) is 31.4 Å². The van der Waals surface area contributed by atoms with Crippen molar-refractivity contribution in [3.8, 4) is 5.75 Å². The molecular weight excluding hydrogens is 370 g/mol. The third-order valence-electron chi connectivity index (χ3n) is 3.92. The van der Waals surface area contributed by atoms with E-state index in [-0.39, 0.29) is 5.75 Å². The second-order valence-electron chi connectivity index (χ2n) is 6.20. The maximum Gasteiger partial charge on any atom is 0.143 e. The Morgan fingerprint density at radius 3 is 2.42 bits per heavy atom. The molecule has 1 N–H and O–H groups in total. The van der Waals surface area contributed by atoms with Crippen LogP contribution in [-0.4, -0.2) is 23.1 Å². The van der Waals surface area contributed by atoms with Gasteiger partial charge in [-0.25, -0.2) is 0 Å². The van der Waals surface area contributed by atoms with E-state index in [0.29, 0.717) is 5.41 Å². The first-order valence-corrected chi connectivity index (χ1v) is 8.35. The molecule has 0 aliphatic carbocycles. The summed E-state index contributed by atoms with van der Waals surface area (Å²) in [5.41, 5.74) is 1.71. The molecule has 0 atom stereocenters. The van der Waals surface area contributed by atoms with Crippen LogP contribution in [0.2, 0.25) is 0 Å². The fraction of sp³-hybridized carbons (Fsp3) is 0.600. The van der Waals surface area contributed by atoms with Crippen LogP contribution >= 0.6 is 31.9 Å². The van der Waals surface area contributed by atoms with Gasteiger partial charge in [-0.2, -0.15) is 0 Å². The van der Waals surface area contributed by atoms with Gasteiger partial charge < -0.3 is 5.11 Å². The van der Waals surface area contributed by atoms with Gasteiger partial charge in [-0.3, -0.25) is 4.90 Å². The minimum absolute atomic E-state index is 0.278. The largest absolute Gasteiger partial charge is 0.506 e. The zero-order valence-electron chi connectivity index (χ0n) is 11.5. The molecule has 4 heteroatoms. The zero-order valence-corrected chi connectivity index (χ0v) is 14.7. The number of aromatic hydroxyl groups is 1. The SMILES string of the molecule is CC1(C)CCCN(Cc2cc(Br)c(O)c(Br)c2)CC1. The van der Waals surface area contributed by atoms with Gasteiger partial charge in [0.05, 0.1) is 8.95 Å². The van der Waals surface area contributed by atoms with Gasteiger partial charge >= 0.3 is 0 Å². The van der Waals surface area contributed by atoms with Crippen LogP contribution in [0.25, 0.3) is 0 Å². The van der Waals surface area contributed by atoms with Crippen molar-refractivity contribution in [2.45, 2.75) is 39.7 Å². The fourth-order valence-corrected chi connectivity index (χ4v) is 3.89. The summed E-state index contributed by atoms with van der Waals surface area (Å²) in [6, 6.07) is 4.02. The number of benzene rings is 1. The van der Waals surface area contributed by atoms with Crippen molar-refractivity contribution in [3.63, 3.8) is 0 Å². The number of hydrogen-bond donors (Lipinski definition) is 1. The average Bonchev–Trinajstić information content (AvgIpc) is 2.48. The molecule has 1 saturated heterocycles. The van der Waals surface area contributed by atoms with Gasteiger partial charge in [0.25, 0.3) is 0 Å². The van der Waals surface area contributed by atoms with Crippen LogP contribution in [0.15, 0.2) is 21.1 Å². The molecule has 0 unspecified atom stereocenters. The summed E-state index contributed by atoms with van der Waals surface area (Å²) in [6.45, 7) is 8.00. The summed E-state index contributed by atoms with van der Waals surface area (Å²) in [6.07, 6.45) is 3.84.